The van der Waals surface area contributed by atoms with Crippen molar-refractivity contribution in [1.29, 1.82) is 5.26 Å². The number of Topliss-reactive ketones (excluding diaryl/α,β-unsaturated/α-hetero) is 1. The summed E-state index contributed by atoms with van der Waals surface area (Å²) in [5, 5.41) is 9.83. The number of rotatable bonds is 5. The Morgan fingerprint density at radius 1 is 0.962 bits per heavy atom. The number of anilines is 1. The molecule has 0 saturated carbocycles. The minimum Gasteiger partial charge on any atom is -0.291 e. The van der Waals surface area contributed by atoms with Gasteiger partial charge in [0.2, 0.25) is 5.95 Å². The Labute approximate surface area is 152 Å². The van der Waals surface area contributed by atoms with E-state index in [0.717, 1.165) is 11.4 Å². The summed E-state index contributed by atoms with van der Waals surface area (Å²) in [4.78, 5) is 23.3. The van der Waals surface area contributed by atoms with Crippen molar-refractivity contribution in [2.45, 2.75) is 19.9 Å². The Hall–Kier alpha value is -3.52. The van der Waals surface area contributed by atoms with E-state index in [1.807, 2.05) is 56.3 Å². The van der Waals surface area contributed by atoms with Gasteiger partial charge in [0.1, 0.15) is 6.04 Å². The molecule has 128 valence electrons. The minimum absolute atomic E-state index is 0.180. The molecular formula is C21H18N4O. The molecule has 1 atom stereocenters. The summed E-state index contributed by atoms with van der Waals surface area (Å²) in [5.74, 6) is 0.0456. The van der Waals surface area contributed by atoms with E-state index in [9.17, 15) is 10.1 Å². The summed E-state index contributed by atoms with van der Waals surface area (Å²) in [7, 11) is 0. The van der Waals surface area contributed by atoms with Crippen LogP contribution in [0, 0.1) is 25.3 Å². The van der Waals surface area contributed by atoms with E-state index >= 15 is 0 Å². The first-order valence-electron chi connectivity index (χ1n) is 8.25. The molecule has 1 heterocycles. The largest absolute Gasteiger partial charge is 0.291 e. The van der Waals surface area contributed by atoms with E-state index in [-0.39, 0.29) is 11.7 Å². The smallest absolute Gasteiger partial charge is 0.240 e. The van der Waals surface area contributed by atoms with Gasteiger partial charge in [0.25, 0.3) is 0 Å². The second-order valence-electron chi connectivity index (χ2n) is 5.96. The monoisotopic (exact) mass is 342 g/mol. The number of carbonyl (C=O) groups excluding carboxylic acids is 1. The Bertz CT molecular complexity index is 929. The number of carbonyl (C=O) groups is 1. The van der Waals surface area contributed by atoms with Gasteiger partial charge in [-0.05, 0) is 25.5 Å². The van der Waals surface area contributed by atoms with Crippen LogP contribution in [0.4, 0.5) is 5.95 Å². The molecule has 0 saturated heterocycles. The van der Waals surface area contributed by atoms with E-state index in [4.69, 9.17) is 0 Å². The number of aryl methyl sites for hydroxylation is 2. The second-order valence-corrected chi connectivity index (χ2v) is 5.96. The molecule has 0 radical (unpaired) electrons. The third-order valence-electron chi connectivity index (χ3n) is 3.97. The van der Waals surface area contributed by atoms with E-state index in [1.165, 1.54) is 4.90 Å². The van der Waals surface area contributed by atoms with Gasteiger partial charge in [-0.3, -0.25) is 4.79 Å². The van der Waals surface area contributed by atoms with E-state index in [0.29, 0.717) is 11.1 Å². The highest BCUT2D eigenvalue weighted by Gasteiger charge is 2.31. The number of hydrogen-bond acceptors (Lipinski definition) is 5. The highest BCUT2D eigenvalue weighted by Crippen LogP contribution is 2.28. The van der Waals surface area contributed by atoms with Crippen molar-refractivity contribution in [1.82, 2.24) is 9.97 Å². The van der Waals surface area contributed by atoms with Crippen LogP contribution in [0.1, 0.15) is 33.4 Å². The molecule has 0 N–H and O–H groups in total. The van der Waals surface area contributed by atoms with Crippen molar-refractivity contribution < 1.29 is 4.79 Å². The maximum absolute atomic E-state index is 13.2. The fourth-order valence-corrected chi connectivity index (χ4v) is 2.85. The van der Waals surface area contributed by atoms with Crippen molar-refractivity contribution in [3.63, 3.8) is 0 Å². The van der Waals surface area contributed by atoms with Crippen molar-refractivity contribution in [3.8, 4) is 6.19 Å². The first kappa shape index (κ1) is 17.3. The van der Waals surface area contributed by atoms with Gasteiger partial charge >= 0.3 is 0 Å². The fourth-order valence-electron chi connectivity index (χ4n) is 2.85. The zero-order chi connectivity index (χ0) is 18.5. The lowest BCUT2D eigenvalue weighted by molar-refractivity contribution is 0.0961. The van der Waals surface area contributed by atoms with Crippen molar-refractivity contribution in [2.24, 2.45) is 0 Å². The molecule has 0 aliphatic carbocycles. The van der Waals surface area contributed by atoms with Crippen LogP contribution in [0.2, 0.25) is 0 Å². The lowest BCUT2D eigenvalue weighted by Gasteiger charge is -2.25. The van der Waals surface area contributed by atoms with Crippen LogP contribution < -0.4 is 4.90 Å². The van der Waals surface area contributed by atoms with Gasteiger partial charge < -0.3 is 0 Å². The number of nitriles is 1. The molecule has 0 spiro atoms. The normalized spacial score (nSPS) is 11.4. The average Bonchev–Trinajstić information content (AvgIpc) is 2.66. The predicted octanol–water partition coefficient (Wildman–Crippen LogP) is 4.01. The first-order chi connectivity index (χ1) is 12.6. The molecule has 0 bridgehead atoms. The number of aromatic nitrogens is 2. The van der Waals surface area contributed by atoms with Gasteiger partial charge in [0.15, 0.2) is 12.0 Å². The summed E-state index contributed by atoms with van der Waals surface area (Å²) in [6.45, 7) is 3.68. The number of benzene rings is 2. The van der Waals surface area contributed by atoms with Crippen LogP contribution in [0.15, 0.2) is 66.7 Å². The molecule has 1 aromatic heterocycles. The molecule has 0 fully saturated rings. The van der Waals surface area contributed by atoms with Gasteiger partial charge in [-0.25, -0.2) is 14.9 Å². The maximum atomic E-state index is 13.2. The van der Waals surface area contributed by atoms with Gasteiger partial charge in [-0.15, -0.1) is 0 Å². The summed E-state index contributed by atoms with van der Waals surface area (Å²) in [5.41, 5.74) is 2.73. The molecule has 0 aliphatic rings. The zero-order valence-electron chi connectivity index (χ0n) is 14.6. The fraction of sp³-hybridized carbons (Fsp3) is 0.143. The Morgan fingerprint density at radius 3 is 2.04 bits per heavy atom. The predicted molar refractivity (Wildman–Crippen MR) is 99.6 cm³/mol. The van der Waals surface area contributed by atoms with E-state index in [1.54, 1.807) is 24.3 Å². The first-order valence-corrected chi connectivity index (χ1v) is 8.25. The molecule has 26 heavy (non-hydrogen) atoms. The van der Waals surface area contributed by atoms with Crippen LogP contribution in [-0.4, -0.2) is 15.8 Å². The SMILES string of the molecule is Cc1cc(C)nc(N(C#N)[C@@H](C(=O)c2ccccc2)c2ccccc2)n1. The molecule has 0 unspecified atom stereocenters. The highest BCUT2D eigenvalue weighted by molar-refractivity contribution is 6.02. The third-order valence-corrected chi connectivity index (χ3v) is 3.97. The molecule has 5 heteroatoms. The summed E-state index contributed by atoms with van der Waals surface area (Å²) >= 11 is 0. The zero-order valence-corrected chi connectivity index (χ0v) is 14.6. The standard InChI is InChI=1S/C21H18N4O/c1-15-13-16(2)24-21(23-15)25(14-22)19(17-9-5-3-6-10-17)20(26)18-11-7-4-8-12-18/h3-13,19H,1-2H3/t19-/m1/s1. The molecule has 3 rings (SSSR count). The second kappa shape index (κ2) is 7.58. The highest BCUT2D eigenvalue weighted by atomic mass is 16.1. The molecule has 0 aliphatic heterocycles. The summed E-state index contributed by atoms with van der Waals surface area (Å²) in [6.07, 6.45) is 2.11. The Balaban J connectivity index is 2.13. The van der Waals surface area contributed by atoms with Gasteiger partial charge in [0.05, 0.1) is 0 Å². The van der Waals surface area contributed by atoms with Crippen LogP contribution in [0.5, 0.6) is 0 Å². The Morgan fingerprint density at radius 2 is 1.50 bits per heavy atom. The quantitative estimate of drug-likeness (QED) is 0.398. The molecule has 0 amide bonds. The molecule has 5 nitrogen and oxygen atoms in total. The van der Waals surface area contributed by atoms with Crippen LogP contribution in [0.3, 0.4) is 0 Å². The summed E-state index contributed by atoms with van der Waals surface area (Å²) < 4.78 is 0. The van der Waals surface area contributed by atoms with Gasteiger partial charge in [0, 0.05) is 17.0 Å². The van der Waals surface area contributed by atoms with Crippen LogP contribution in [-0.2, 0) is 0 Å². The minimum atomic E-state index is -0.829. The molecular weight excluding hydrogens is 324 g/mol. The van der Waals surface area contributed by atoms with Crippen molar-refractivity contribution in [3.05, 3.63) is 89.2 Å². The Kier molecular flexibility index (Phi) is 5.04. The third kappa shape index (κ3) is 3.60. The van der Waals surface area contributed by atoms with Crippen LogP contribution >= 0.6 is 0 Å². The maximum Gasteiger partial charge on any atom is 0.240 e. The number of ketones is 1. The molecule has 3 aromatic rings. The lowest BCUT2D eigenvalue weighted by atomic mass is 9.96. The number of hydrogen-bond donors (Lipinski definition) is 0. The number of nitrogens with zero attached hydrogens (tertiary/aromatic N) is 4. The van der Waals surface area contributed by atoms with E-state index in [2.05, 4.69) is 16.2 Å². The van der Waals surface area contributed by atoms with Crippen LogP contribution in [0.25, 0.3) is 0 Å². The molecule has 2 aromatic carbocycles. The topological polar surface area (TPSA) is 69.9 Å². The summed E-state index contributed by atoms with van der Waals surface area (Å²) in [6, 6.07) is 19.2. The van der Waals surface area contributed by atoms with Crippen molar-refractivity contribution in [2.75, 3.05) is 4.90 Å². The van der Waals surface area contributed by atoms with Gasteiger partial charge in [-0.2, -0.15) is 5.26 Å². The van der Waals surface area contributed by atoms with E-state index < -0.39 is 6.04 Å². The lowest BCUT2D eigenvalue weighted by Crippen LogP contribution is -2.32. The average molecular weight is 342 g/mol. The van der Waals surface area contributed by atoms with Gasteiger partial charge in [-0.1, -0.05) is 60.7 Å². The van der Waals surface area contributed by atoms with Crippen molar-refractivity contribution >= 4 is 11.7 Å².